The third-order valence-electron chi connectivity index (χ3n) is 5.45. The number of fused-ring (bicyclic) bond motifs is 1. The van der Waals surface area contributed by atoms with E-state index in [4.69, 9.17) is 14.2 Å². The van der Waals surface area contributed by atoms with Gasteiger partial charge in [-0.15, -0.1) is 0 Å². The first-order valence-corrected chi connectivity index (χ1v) is 10.0. The lowest BCUT2D eigenvalue weighted by atomic mass is 10.1. The summed E-state index contributed by atoms with van der Waals surface area (Å²) in [6.45, 7) is 3.01. The van der Waals surface area contributed by atoms with Crippen LogP contribution in [0, 0.1) is 0 Å². The van der Waals surface area contributed by atoms with Crippen molar-refractivity contribution >= 4 is 22.4 Å². The van der Waals surface area contributed by atoms with E-state index in [9.17, 15) is 4.79 Å². The predicted molar refractivity (Wildman–Crippen MR) is 118 cm³/mol. The van der Waals surface area contributed by atoms with Crippen molar-refractivity contribution in [1.82, 2.24) is 4.90 Å². The van der Waals surface area contributed by atoms with E-state index in [0.717, 1.165) is 41.0 Å². The maximum atomic E-state index is 12.6. The summed E-state index contributed by atoms with van der Waals surface area (Å²) in [6.07, 6.45) is 0. The highest BCUT2D eigenvalue weighted by molar-refractivity contribution is 5.85. The Balaban J connectivity index is 1.31. The fourth-order valence-electron chi connectivity index (χ4n) is 3.66. The van der Waals surface area contributed by atoms with Gasteiger partial charge in [0, 0.05) is 31.9 Å². The molecule has 6 nitrogen and oxygen atoms in total. The minimum absolute atomic E-state index is 0.00937. The molecule has 0 aromatic heterocycles. The van der Waals surface area contributed by atoms with E-state index in [1.165, 1.54) is 0 Å². The van der Waals surface area contributed by atoms with Gasteiger partial charge in [0.05, 0.1) is 14.2 Å². The normalized spacial score (nSPS) is 13.9. The second-order valence-electron chi connectivity index (χ2n) is 7.23. The highest BCUT2D eigenvalue weighted by Gasteiger charge is 2.21. The molecule has 30 heavy (non-hydrogen) atoms. The molecule has 3 aromatic carbocycles. The first-order valence-electron chi connectivity index (χ1n) is 10.0. The number of ether oxygens (including phenoxy) is 3. The molecule has 6 heteroatoms. The number of hydrogen-bond acceptors (Lipinski definition) is 5. The van der Waals surface area contributed by atoms with Gasteiger partial charge in [0.2, 0.25) is 0 Å². The summed E-state index contributed by atoms with van der Waals surface area (Å²) in [5, 5.41) is 2.12. The summed E-state index contributed by atoms with van der Waals surface area (Å²) in [5.74, 6) is 2.33. The van der Waals surface area contributed by atoms with Gasteiger partial charge in [-0.05, 0) is 59.3 Å². The van der Waals surface area contributed by atoms with Gasteiger partial charge in [-0.25, -0.2) is 0 Å². The molecule has 0 bridgehead atoms. The van der Waals surface area contributed by atoms with Crippen molar-refractivity contribution in [3.8, 4) is 17.2 Å². The molecule has 0 unspecified atom stereocenters. The van der Waals surface area contributed by atoms with Crippen molar-refractivity contribution in [2.24, 2.45) is 0 Å². The fourth-order valence-corrected chi connectivity index (χ4v) is 3.66. The van der Waals surface area contributed by atoms with Crippen molar-refractivity contribution in [1.29, 1.82) is 0 Å². The van der Waals surface area contributed by atoms with Crippen LogP contribution in [0.3, 0.4) is 0 Å². The Bertz CT molecular complexity index is 1010. The van der Waals surface area contributed by atoms with Gasteiger partial charge in [0.15, 0.2) is 6.61 Å². The zero-order valence-corrected chi connectivity index (χ0v) is 17.3. The van der Waals surface area contributed by atoms with E-state index in [0.29, 0.717) is 18.8 Å². The van der Waals surface area contributed by atoms with Crippen molar-refractivity contribution in [2.75, 3.05) is 51.9 Å². The van der Waals surface area contributed by atoms with Crippen LogP contribution in [0.5, 0.6) is 17.2 Å². The fraction of sp³-hybridized carbons (Fsp3) is 0.292. The number of nitrogens with zero attached hydrogens (tertiary/aromatic N) is 2. The first-order chi connectivity index (χ1) is 14.7. The van der Waals surface area contributed by atoms with E-state index < -0.39 is 0 Å². The molecule has 1 saturated heterocycles. The highest BCUT2D eigenvalue weighted by atomic mass is 16.5. The summed E-state index contributed by atoms with van der Waals surface area (Å²) in [5.41, 5.74) is 1.14. The quantitative estimate of drug-likeness (QED) is 0.626. The molecule has 0 atom stereocenters. The number of amides is 1. The SMILES string of the molecule is COc1ccc(N2CCN(C(=O)COc3ccc4ccc(OC)cc4c3)CC2)cc1. The third kappa shape index (κ3) is 4.43. The Morgan fingerprint density at radius 3 is 2.03 bits per heavy atom. The zero-order valence-electron chi connectivity index (χ0n) is 17.3. The average Bonchev–Trinajstić information content (AvgIpc) is 2.82. The lowest BCUT2D eigenvalue weighted by molar-refractivity contribution is -0.133. The third-order valence-corrected chi connectivity index (χ3v) is 5.45. The van der Waals surface area contributed by atoms with Crippen LogP contribution in [0.2, 0.25) is 0 Å². The number of carbonyl (C=O) groups is 1. The summed E-state index contributed by atoms with van der Waals surface area (Å²) < 4.78 is 16.3. The molecule has 0 spiro atoms. The van der Waals surface area contributed by atoms with Crippen molar-refractivity contribution in [3.05, 3.63) is 60.7 Å². The van der Waals surface area contributed by atoms with Crippen LogP contribution in [0.25, 0.3) is 10.8 Å². The second kappa shape index (κ2) is 8.95. The van der Waals surface area contributed by atoms with Gasteiger partial charge >= 0.3 is 0 Å². The second-order valence-corrected chi connectivity index (χ2v) is 7.23. The number of benzene rings is 3. The Kier molecular flexibility index (Phi) is 5.93. The summed E-state index contributed by atoms with van der Waals surface area (Å²) in [4.78, 5) is 16.8. The van der Waals surface area contributed by atoms with Crippen LogP contribution in [0.15, 0.2) is 60.7 Å². The maximum absolute atomic E-state index is 12.6. The molecular weight excluding hydrogens is 380 g/mol. The van der Waals surface area contributed by atoms with Crippen LogP contribution in [-0.4, -0.2) is 57.8 Å². The lowest BCUT2D eigenvalue weighted by Gasteiger charge is -2.36. The molecule has 0 radical (unpaired) electrons. The van der Waals surface area contributed by atoms with Crippen LogP contribution in [0.1, 0.15) is 0 Å². The Morgan fingerprint density at radius 2 is 1.37 bits per heavy atom. The molecule has 1 aliphatic heterocycles. The standard InChI is InChI=1S/C24H26N2O4/c1-28-21-9-5-20(6-10-21)25-11-13-26(14-12-25)24(27)17-30-23-8-4-18-3-7-22(29-2)15-19(18)16-23/h3-10,15-16H,11-14,17H2,1-2H3. The van der Waals surface area contributed by atoms with E-state index >= 15 is 0 Å². The number of piperazine rings is 1. The summed E-state index contributed by atoms with van der Waals surface area (Å²) in [6, 6.07) is 19.7. The summed E-state index contributed by atoms with van der Waals surface area (Å²) >= 11 is 0. The van der Waals surface area contributed by atoms with E-state index in [1.807, 2.05) is 65.6 Å². The van der Waals surface area contributed by atoms with Gasteiger partial charge in [0.1, 0.15) is 17.2 Å². The van der Waals surface area contributed by atoms with Crippen molar-refractivity contribution < 1.29 is 19.0 Å². The molecule has 156 valence electrons. The number of anilines is 1. The Labute approximate surface area is 176 Å². The Hall–Kier alpha value is -3.41. The van der Waals surface area contributed by atoms with E-state index in [1.54, 1.807) is 14.2 Å². The molecule has 3 aromatic rings. The Morgan fingerprint density at radius 1 is 0.767 bits per heavy atom. The van der Waals surface area contributed by atoms with Gasteiger partial charge in [-0.3, -0.25) is 4.79 Å². The zero-order chi connectivity index (χ0) is 20.9. The van der Waals surface area contributed by atoms with Crippen molar-refractivity contribution in [2.45, 2.75) is 0 Å². The van der Waals surface area contributed by atoms with Crippen LogP contribution >= 0.6 is 0 Å². The average molecular weight is 406 g/mol. The molecule has 0 saturated carbocycles. The minimum Gasteiger partial charge on any atom is -0.497 e. The lowest BCUT2D eigenvalue weighted by Crippen LogP contribution is -2.50. The topological polar surface area (TPSA) is 51.2 Å². The molecule has 0 aliphatic carbocycles. The molecule has 1 amide bonds. The monoisotopic (exact) mass is 406 g/mol. The smallest absolute Gasteiger partial charge is 0.260 e. The van der Waals surface area contributed by atoms with E-state index in [2.05, 4.69) is 4.90 Å². The molecule has 1 heterocycles. The van der Waals surface area contributed by atoms with Crippen LogP contribution in [0.4, 0.5) is 5.69 Å². The van der Waals surface area contributed by atoms with Crippen LogP contribution in [-0.2, 0) is 4.79 Å². The number of carbonyl (C=O) groups excluding carboxylic acids is 1. The van der Waals surface area contributed by atoms with Crippen LogP contribution < -0.4 is 19.1 Å². The largest absolute Gasteiger partial charge is 0.497 e. The molecule has 1 fully saturated rings. The number of hydrogen-bond donors (Lipinski definition) is 0. The highest BCUT2D eigenvalue weighted by Crippen LogP contribution is 2.25. The van der Waals surface area contributed by atoms with Gasteiger partial charge in [0.25, 0.3) is 5.91 Å². The summed E-state index contributed by atoms with van der Waals surface area (Å²) in [7, 11) is 3.31. The number of rotatable bonds is 6. The van der Waals surface area contributed by atoms with Gasteiger partial charge in [-0.1, -0.05) is 12.1 Å². The number of methoxy groups -OCH3 is 2. The van der Waals surface area contributed by atoms with Crippen molar-refractivity contribution in [3.63, 3.8) is 0 Å². The molecule has 4 rings (SSSR count). The predicted octanol–water partition coefficient (Wildman–Crippen LogP) is 3.58. The molecule has 1 aliphatic rings. The minimum atomic E-state index is 0.00937. The molecular formula is C24H26N2O4. The first kappa shape index (κ1) is 19.9. The van der Waals surface area contributed by atoms with Gasteiger partial charge in [-0.2, -0.15) is 0 Å². The van der Waals surface area contributed by atoms with E-state index in [-0.39, 0.29) is 12.5 Å². The molecule has 0 N–H and O–H groups in total. The maximum Gasteiger partial charge on any atom is 0.260 e. The van der Waals surface area contributed by atoms with Gasteiger partial charge < -0.3 is 24.0 Å².